The SMILES string of the molecule is CC=C(C)C(O)C(C)C=C(C)C=CCC(C)=CCc1nc(OC)c(OC)c(OC2OC(C)C(O)C(O)C2O)c1C. The van der Waals surface area contributed by atoms with Gasteiger partial charge in [-0.05, 0) is 53.5 Å². The number of allylic oxidation sites excluding steroid dienone is 6. The van der Waals surface area contributed by atoms with Crippen LogP contribution in [0.25, 0.3) is 0 Å². The molecule has 0 bridgehead atoms. The molecule has 0 spiro atoms. The van der Waals surface area contributed by atoms with Crippen LogP contribution in [0.2, 0.25) is 0 Å². The second-order valence-electron chi connectivity index (χ2n) is 10.5. The monoisotopic (exact) mass is 561 g/mol. The fourth-order valence-corrected chi connectivity index (χ4v) is 4.47. The van der Waals surface area contributed by atoms with Gasteiger partial charge in [0.1, 0.15) is 18.3 Å². The number of pyridine rings is 1. The average Bonchev–Trinajstić information content (AvgIpc) is 2.93. The Labute approximate surface area is 238 Å². The molecule has 1 aromatic rings. The molecule has 0 aliphatic carbocycles. The van der Waals surface area contributed by atoms with E-state index in [9.17, 15) is 20.4 Å². The molecule has 1 aliphatic rings. The molecular formula is C31H47NO8. The van der Waals surface area contributed by atoms with Crippen molar-refractivity contribution in [2.45, 2.75) is 98.1 Å². The molecule has 1 aromatic heterocycles. The molecule has 7 unspecified atom stereocenters. The Balaban J connectivity index is 2.20. The quantitative estimate of drug-likeness (QED) is 0.221. The fraction of sp³-hybridized carbons (Fsp3) is 0.581. The number of aliphatic hydroxyl groups is 4. The first-order valence-corrected chi connectivity index (χ1v) is 13.6. The van der Waals surface area contributed by atoms with Gasteiger partial charge in [-0.1, -0.05) is 48.5 Å². The van der Waals surface area contributed by atoms with Crippen LogP contribution in [0.3, 0.4) is 0 Å². The molecule has 0 aromatic carbocycles. The maximum absolute atomic E-state index is 10.5. The van der Waals surface area contributed by atoms with Crippen LogP contribution >= 0.6 is 0 Å². The van der Waals surface area contributed by atoms with Crippen molar-refractivity contribution in [3.8, 4) is 17.4 Å². The van der Waals surface area contributed by atoms with Gasteiger partial charge in [-0.3, -0.25) is 0 Å². The summed E-state index contributed by atoms with van der Waals surface area (Å²) in [5.74, 6) is 0.751. The number of hydrogen-bond donors (Lipinski definition) is 4. The zero-order valence-corrected chi connectivity index (χ0v) is 25.2. The average molecular weight is 562 g/mol. The highest BCUT2D eigenvalue weighted by atomic mass is 16.7. The van der Waals surface area contributed by atoms with Gasteiger partial charge < -0.3 is 39.4 Å². The van der Waals surface area contributed by atoms with E-state index in [4.69, 9.17) is 18.9 Å². The van der Waals surface area contributed by atoms with Crippen molar-refractivity contribution < 1.29 is 39.4 Å². The lowest BCUT2D eigenvalue weighted by Gasteiger charge is -2.39. The van der Waals surface area contributed by atoms with Gasteiger partial charge >= 0.3 is 0 Å². The summed E-state index contributed by atoms with van der Waals surface area (Å²) >= 11 is 0. The minimum atomic E-state index is -1.47. The van der Waals surface area contributed by atoms with Crippen LogP contribution < -0.4 is 14.2 Å². The first-order valence-electron chi connectivity index (χ1n) is 13.6. The molecule has 2 rings (SSSR count). The minimum absolute atomic E-state index is 0.0182. The zero-order valence-electron chi connectivity index (χ0n) is 25.2. The molecule has 1 saturated heterocycles. The minimum Gasteiger partial charge on any atom is -0.489 e. The third-order valence-corrected chi connectivity index (χ3v) is 7.26. The number of hydrogen-bond acceptors (Lipinski definition) is 9. The maximum Gasteiger partial charge on any atom is 0.261 e. The van der Waals surface area contributed by atoms with Gasteiger partial charge in [0.05, 0.1) is 32.1 Å². The number of ether oxygens (including phenoxy) is 4. The first-order chi connectivity index (χ1) is 18.9. The molecule has 0 radical (unpaired) electrons. The van der Waals surface area contributed by atoms with Gasteiger partial charge in [0, 0.05) is 17.9 Å². The lowest BCUT2D eigenvalue weighted by molar-refractivity contribution is -0.268. The number of nitrogens with zero attached hydrogens (tertiary/aromatic N) is 1. The highest BCUT2D eigenvalue weighted by molar-refractivity contribution is 5.54. The predicted molar refractivity (Wildman–Crippen MR) is 155 cm³/mol. The molecule has 4 N–H and O–H groups in total. The highest BCUT2D eigenvalue weighted by Gasteiger charge is 2.43. The number of aliphatic hydroxyl groups excluding tert-OH is 4. The number of rotatable bonds is 12. The van der Waals surface area contributed by atoms with E-state index >= 15 is 0 Å². The molecule has 9 nitrogen and oxygen atoms in total. The van der Waals surface area contributed by atoms with Crippen molar-refractivity contribution in [1.29, 1.82) is 0 Å². The van der Waals surface area contributed by atoms with Crippen LogP contribution in [0.1, 0.15) is 59.2 Å². The van der Waals surface area contributed by atoms with E-state index in [0.717, 1.165) is 23.1 Å². The Hall–Kier alpha value is -2.69. The van der Waals surface area contributed by atoms with E-state index in [-0.39, 0.29) is 23.3 Å². The Kier molecular flexibility index (Phi) is 12.9. The van der Waals surface area contributed by atoms with E-state index in [1.807, 2.05) is 47.6 Å². The van der Waals surface area contributed by atoms with Crippen molar-refractivity contribution in [2.75, 3.05) is 14.2 Å². The van der Waals surface area contributed by atoms with Crippen molar-refractivity contribution in [2.24, 2.45) is 5.92 Å². The summed E-state index contributed by atoms with van der Waals surface area (Å²) in [6, 6.07) is 0. The van der Waals surface area contributed by atoms with Crippen LogP contribution in [0.4, 0.5) is 0 Å². The van der Waals surface area contributed by atoms with E-state index in [1.165, 1.54) is 14.2 Å². The maximum atomic E-state index is 10.5. The lowest BCUT2D eigenvalue weighted by atomic mass is 9.96. The largest absolute Gasteiger partial charge is 0.489 e. The number of methoxy groups -OCH3 is 2. The molecule has 1 fully saturated rings. The molecule has 9 heteroatoms. The van der Waals surface area contributed by atoms with Gasteiger partial charge in [-0.25, -0.2) is 4.98 Å². The molecule has 2 heterocycles. The Morgan fingerprint density at radius 3 is 2.33 bits per heavy atom. The highest BCUT2D eigenvalue weighted by Crippen LogP contribution is 2.41. The summed E-state index contributed by atoms with van der Waals surface area (Å²) in [6.07, 6.45) is 4.85. The molecule has 1 aliphatic heterocycles. The summed E-state index contributed by atoms with van der Waals surface area (Å²) in [6.45, 7) is 13.3. The Morgan fingerprint density at radius 1 is 1.05 bits per heavy atom. The van der Waals surface area contributed by atoms with Crippen LogP contribution in [-0.4, -0.2) is 76.4 Å². The van der Waals surface area contributed by atoms with Crippen molar-refractivity contribution in [3.05, 3.63) is 58.4 Å². The van der Waals surface area contributed by atoms with Gasteiger partial charge in [-0.2, -0.15) is 0 Å². The van der Waals surface area contributed by atoms with Gasteiger partial charge in [0.2, 0.25) is 12.0 Å². The molecule has 224 valence electrons. The van der Waals surface area contributed by atoms with Crippen LogP contribution in [-0.2, 0) is 11.2 Å². The smallest absolute Gasteiger partial charge is 0.261 e. The molecule has 40 heavy (non-hydrogen) atoms. The summed E-state index contributed by atoms with van der Waals surface area (Å²) < 4.78 is 22.6. The first kappa shape index (κ1) is 33.5. The summed E-state index contributed by atoms with van der Waals surface area (Å²) in [5.41, 5.74) is 4.54. The second kappa shape index (κ2) is 15.3. The third-order valence-electron chi connectivity index (χ3n) is 7.26. The van der Waals surface area contributed by atoms with Gasteiger partial charge in [-0.15, -0.1) is 0 Å². The second-order valence-corrected chi connectivity index (χ2v) is 10.5. The zero-order chi connectivity index (χ0) is 30.1. The standard InChI is InChI=1S/C31H47NO8/c1-10-19(4)24(33)20(5)16-18(3)13-11-12-17(2)14-15-23-21(6)28(29(37-8)30(32-23)38-9)40-31-27(36)26(35)25(34)22(7)39-31/h10-11,13-14,16,20,22,24-27,31,33-36H,12,15H2,1-9H3. The van der Waals surface area contributed by atoms with Crippen LogP contribution in [0.15, 0.2) is 47.1 Å². The Bertz CT molecular complexity index is 1110. The van der Waals surface area contributed by atoms with Gasteiger partial charge in [0.25, 0.3) is 5.88 Å². The predicted octanol–water partition coefficient (Wildman–Crippen LogP) is 3.96. The fourth-order valence-electron chi connectivity index (χ4n) is 4.47. The molecule has 0 saturated carbocycles. The van der Waals surface area contributed by atoms with E-state index in [1.54, 1.807) is 6.92 Å². The van der Waals surface area contributed by atoms with Crippen molar-refractivity contribution in [3.63, 3.8) is 0 Å². The van der Waals surface area contributed by atoms with Crippen molar-refractivity contribution >= 4 is 0 Å². The van der Waals surface area contributed by atoms with E-state index in [2.05, 4.69) is 29.3 Å². The summed E-state index contributed by atoms with van der Waals surface area (Å²) in [4.78, 5) is 4.61. The Morgan fingerprint density at radius 2 is 1.73 bits per heavy atom. The van der Waals surface area contributed by atoms with Crippen LogP contribution in [0, 0.1) is 12.8 Å². The van der Waals surface area contributed by atoms with E-state index in [0.29, 0.717) is 17.7 Å². The number of aromatic nitrogens is 1. The normalized spacial score (nSPS) is 26.1. The molecule has 7 atom stereocenters. The molecular weight excluding hydrogens is 514 g/mol. The topological polar surface area (TPSA) is 131 Å². The van der Waals surface area contributed by atoms with Gasteiger partial charge in [0.15, 0.2) is 5.75 Å². The third kappa shape index (κ3) is 8.41. The van der Waals surface area contributed by atoms with E-state index < -0.39 is 36.8 Å². The van der Waals surface area contributed by atoms with Crippen molar-refractivity contribution in [1.82, 2.24) is 4.98 Å². The van der Waals surface area contributed by atoms with Crippen LogP contribution in [0.5, 0.6) is 17.4 Å². The summed E-state index contributed by atoms with van der Waals surface area (Å²) in [7, 11) is 2.93. The lowest BCUT2D eigenvalue weighted by Crippen LogP contribution is -2.58. The molecule has 0 amide bonds. The summed E-state index contributed by atoms with van der Waals surface area (Å²) in [5, 5.41) is 41.0.